The minimum atomic E-state index is -0.380. The summed E-state index contributed by atoms with van der Waals surface area (Å²) < 4.78 is 5.95. The molecule has 2 unspecified atom stereocenters. The van der Waals surface area contributed by atoms with E-state index >= 15 is 0 Å². The zero-order chi connectivity index (χ0) is 18.3. The Morgan fingerprint density at radius 3 is 2.69 bits per heavy atom. The van der Waals surface area contributed by atoms with Gasteiger partial charge in [0.1, 0.15) is 12.1 Å². The Morgan fingerprint density at radius 1 is 1.15 bits per heavy atom. The molecule has 7 heteroatoms. The Morgan fingerprint density at radius 2 is 1.92 bits per heavy atom. The van der Waals surface area contributed by atoms with Crippen molar-refractivity contribution in [1.82, 2.24) is 20.2 Å². The van der Waals surface area contributed by atoms with Crippen LogP contribution in [0.4, 0.5) is 4.79 Å². The third kappa shape index (κ3) is 2.79. The number of nitrogens with zero attached hydrogens (tertiary/aromatic N) is 3. The van der Waals surface area contributed by atoms with Gasteiger partial charge < -0.3 is 9.64 Å². The predicted molar refractivity (Wildman–Crippen MR) is 93.8 cm³/mol. The zero-order valence-electron chi connectivity index (χ0n) is 14.7. The highest BCUT2D eigenvalue weighted by molar-refractivity contribution is 5.98. The van der Waals surface area contributed by atoms with E-state index in [9.17, 15) is 9.59 Å². The highest BCUT2D eigenvalue weighted by atomic mass is 16.5. The first kappa shape index (κ1) is 16.5. The van der Waals surface area contributed by atoms with Crippen molar-refractivity contribution in [3.8, 4) is 11.6 Å². The molecule has 1 aromatic heterocycles. The minimum Gasteiger partial charge on any atom is -0.439 e. The van der Waals surface area contributed by atoms with Gasteiger partial charge in [0, 0.05) is 12.6 Å². The fraction of sp³-hybridized carbons (Fsp3) is 0.368. The largest absolute Gasteiger partial charge is 0.439 e. The Bertz CT molecular complexity index is 846. The normalized spacial score (nSPS) is 22.2. The molecule has 1 fully saturated rings. The average molecular weight is 352 g/mol. The number of hydrogen-bond donors (Lipinski definition) is 1. The number of carbonyl (C=O) groups is 2. The van der Waals surface area contributed by atoms with E-state index in [-0.39, 0.29) is 23.9 Å². The molecule has 1 aliphatic heterocycles. The molecule has 2 atom stereocenters. The number of aryl methyl sites for hydroxylation is 1. The number of benzene rings is 1. The van der Waals surface area contributed by atoms with Gasteiger partial charge in [-0.25, -0.2) is 14.8 Å². The van der Waals surface area contributed by atoms with Gasteiger partial charge in [0.15, 0.2) is 0 Å². The van der Waals surface area contributed by atoms with Crippen LogP contribution in [0.3, 0.4) is 0 Å². The number of carbonyl (C=O) groups excluding carboxylic acids is 2. The lowest BCUT2D eigenvalue weighted by Crippen LogP contribution is -2.53. The maximum absolute atomic E-state index is 12.0. The molecule has 2 heterocycles. The molecule has 7 nitrogen and oxygen atoms in total. The van der Waals surface area contributed by atoms with Crippen molar-refractivity contribution in [1.29, 1.82) is 0 Å². The summed E-state index contributed by atoms with van der Waals surface area (Å²) in [6.45, 7) is 1.82. The lowest BCUT2D eigenvalue weighted by molar-refractivity contribution is -0.127. The quantitative estimate of drug-likeness (QED) is 0.918. The van der Waals surface area contributed by atoms with E-state index in [1.807, 2.05) is 31.2 Å². The van der Waals surface area contributed by atoms with E-state index in [4.69, 9.17) is 4.74 Å². The van der Waals surface area contributed by atoms with E-state index < -0.39 is 0 Å². The number of urea groups is 1. The predicted octanol–water partition coefficient (Wildman–Crippen LogP) is 2.62. The number of ether oxygens (including phenoxy) is 1. The summed E-state index contributed by atoms with van der Waals surface area (Å²) in [6.07, 6.45) is 4.52. The smallest absolute Gasteiger partial charge is 0.324 e. The molecule has 3 amide bonds. The molecule has 4 rings (SSSR count). The number of rotatable bonds is 3. The monoisotopic (exact) mass is 352 g/mol. The van der Waals surface area contributed by atoms with Crippen LogP contribution in [-0.4, -0.2) is 33.9 Å². The van der Waals surface area contributed by atoms with Crippen molar-refractivity contribution in [3.05, 3.63) is 47.4 Å². The maximum atomic E-state index is 12.0. The van der Waals surface area contributed by atoms with Gasteiger partial charge in [-0.2, -0.15) is 0 Å². The second-order valence-corrected chi connectivity index (χ2v) is 6.77. The zero-order valence-corrected chi connectivity index (χ0v) is 14.7. The van der Waals surface area contributed by atoms with Gasteiger partial charge >= 0.3 is 6.03 Å². The Labute approximate surface area is 151 Å². The van der Waals surface area contributed by atoms with Crippen molar-refractivity contribution in [2.75, 3.05) is 7.05 Å². The first-order chi connectivity index (χ1) is 12.5. The average Bonchev–Trinajstić information content (AvgIpc) is 3.11. The molecule has 26 heavy (non-hydrogen) atoms. The highest BCUT2D eigenvalue weighted by Crippen LogP contribution is 2.34. The summed E-state index contributed by atoms with van der Waals surface area (Å²) in [7, 11) is 1.69. The summed E-state index contributed by atoms with van der Waals surface area (Å²) in [5, 5.41) is 2.36. The molecule has 0 spiro atoms. The van der Waals surface area contributed by atoms with E-state index in [0.29, 0.717) is 11.6 Å². The molecule has 1 saturated heterocycles. The summed E-state index contributed by atoms with van der Waals surface area (Å²) in [6, 6.07) is 6.79. The summed E-state index contributed by atoms with van der Waals surface area (Å²) in [5.41, 5.74) is 3.04. The van der Waals surface area contributed by atoms with Crippen molar-refractivity contribution in [2.45, 2.75) is 32.2 Å². The topological polar surface area (TPSA) is 84.4 Å². The molecule has 2 aliphatic rings. The molecule has 0 saturated carbocycles. The van der Waals surface area contributed by atoms with E-state index in [2.05, 4.69) is 15.3 Å². The number of aromatic nitrogens is 2. The fourth-order valence-corrected chi connectivity index (χ4v) is 3.69. The van der Waals surface area contributed by atoms with Gasteiger partial charge in [-0.1, -0.05) is 19.1 Å². The lowest BCUT2D eigenvalue weighted by Gasteiger charge is -2.36. The van der Waals surface area contributed by atoms with Crippen LogP contribution in [0, 0.1) is 5.92 Å². The molecule has 1 aromatic carbocycles. The van der Waals surface area contributed by atoms with Gasteiger partial charge in [-0.15, -0.1) is 0 Å². The molecule has 1 N–H and O–H groups in total. The summed E-state index contributed by atoms with van der Waals surface area (Å²) >= 11 is 0. The molecule has 1 aliphatic carbocycles. The summed E-state index contributed by atoms with van der Waals surface area (Å²) in [5.74, 6) is 0.700. The van der Waals surface area contributed by atoms with Crippen LogP contribution in [0.25, 0.3) is 0 Å². The van der Waals surface area contributed by atoms with Gasteiger partial charge in [0.05, 0.1) is 17.7 Å². The molecule has 2 aromatic rings. The second kappa shape index (κ2) is 6.40. The van der Waals surface area contributed by atoms with Gasteiger partial charge in [0.2, 0.25) is 11.8 Å². The SMILES string of the molecule is CC1C(=O)NC(=O)N(C)C1c1ccc(Oc2ncnc3c2CCC3)cc1. The van der Waals surface area contributed by atoms with Crippen molar-refractivity contribution in [3.63, 3.8) is 0 Å². The standard InChI is InChI=1S/C19H20N4O3/c1-11-16(23(2)19(25)22-17(11)24)12-6-8-13(9-7-12)26-18-14-4-3-5-15(14)20-10-21-18/h6-11,16H,3-5H2,1-2H3,(H,22,24,25). The van der Waals surface area contributed by atoms with Crippen LogP contribution in [0.2, 0.25) is 0 Å². The summed E-state index contributed by atoms with van der Waals surface area (Å²) in [4.78, 5) is 34.0. The fourth-order valence-electron chi connectivity index (χ4n) is 3.69. The molecule has 134 valence electrons. The molecular weight excluding hydrogens is 332 g/mol. The number of hydrogen-bond acceptors (Lipinski definition) is 5. The van der Waals surface area contributed by atoms with Crippen LogP contribution in [0.1, 0.15) is 36.2 Å². The van der Waals surface area contributed by atoms with Crippen LogP contribution >= 0.6 is 0 Å². The van der Waals surface area contributed by atoms with Crippen LogP contribution in [0.5, 0.6) is 11.6 Å². The Balaban J connectivity index is 1.57. The Hall–Kier alpha value is -2.96. The van der Waals surface area contributed by atoms with Crippen LogP contribution in [0.15, 0.2) is 30.6 Å². The van der Waals surface area contributed by atoms with Gasteiger partial charge in [-0.3, -0.25) is 10.1 Å². The van der Waals surface area contributed by atoms with Crippen molar-refractivity contribution >= 4 is 11.9 Å². The highest BCUT2D eigenvalue weighted by Gasteiger charge is 2.37. The Kier molecular flexibility index (Phi) is 4.06. The van der Waals surface area contributed by atoms with Gasteiger partial charge in [0.25, 0.3) is 0 Å². The van der Waals surface area contributed by atoms with Crippen molar-refractivity contribution in [2.24, 2.45) is 5.92 Å². The van der Waals surface area contributed by atoms with Crippen LogP contribution in [-0.2, 0) is 17.6 Å². The third-order valence-corrected chi connectivity index (χ3v) is 5.13. The third-order valence-electron chi connectivity index (χ3n) is 5.13. The first-order valence-corrected chi connectivity index (χ1v) is 8.73. The van der Waals surface area contributed by atoms with E-state index in [1.54, 1.807) is 11.9 Å². The first-order valence-electron chi connectivity index (χ1n) is 8.73. The molecular formula is C19H20N4O3. The molecule has 0 bridgehead atoms. The second-order valence-electron chi connectivity index (χ2n) is 6.77. The minimum absolute atomic E-state index is 0.255. The van der Waals surface area contributed by atoms with E-state index in [0.717, 1.165) is 36.1 Å². The van der Waals surface area contributed by atoms with E-state index in [1.165, 1.54) is 6.33 Å². The number of fused-ring (bicyclic) bond motifs is 1. The maximum Gasteiger partial charge on any atom is 0.324 e. The number of imide groups is 1. The van der Waals surface area contributed by atoms with Crippen LogP contribution < -0.4 is 10.1 Å². The number of amides is 3. The number of nitrogens with one attached hydrogen (secondary N) is 1. The molecule has 0 radical (unpaired) electrons. The lowest BCUT2D eigenvalue weighted by atomic mass is 9.91. The van der Waals surface area contributed by atoms with Gasteiger partial charge in [-0.05, 0) is 37.0 Å². The van der Waals surface area contributed by atoms with Crippen molar-refractivity contribution < 1.29 is 14.3 Å².